The first kappa shape index (κ1) is 15.9. The zero-order valence-corrected chi connectivity index (χ0v) is 14.1. The number of piperidine rings is 1. The Bertz CT molecular complexity index is 887. The van der Waals surface area contributed by atoms with Crippen LogP contribution in [0.5, 0.6) is 0 Å². The van der Waals surface area contributed by atoms with E-state index in [0.717, 1.165) is 11.1 Å². The van der Waals surface area contributed by atoms with Gasteiger partial charge in [-0.1, -0.05) is 48.5 Å². The molecule has 2 heterocycles. The van der Waals surface area contributed by atoms with Gasteiger partial charge in [0, 0.05) is 42.0 Å². The number of H-pyrrole nitrogens is 1. The van der Waals surface area contributed by atoms with Crippen LogP contribution in [-0.2, 0) is 16.9 Å². The van der Waals surface area contributed by atoms with E-state index < -0.39 is 5.72 Å². The van der Waals surface area contributed by atoms with Crippen LogP contribution in [0.1, 0.15) is 30.4 Å². The number of fused-ring (bicyclic) bond motifs is 1. The predicted octanol–water partition coefficient (Wildman–Crippen LogP) is 3.57. The molecule has 4 rings (SSSR count). The summed E-state index contributed by atoms with van der Waals surface area (Å²) in [5, 5.41) is 12.5. The van der Waals surface area contributed by atoms with Crippen molar-refractivity contribution in [2.45, 2.75) is 31.4 Å². The average molecular weight is 334 g/mol. The van der Waals surface area contributed by atoms with Gasteiger partial charge in [-0.2, -0.15) is 0 Å². The van der Waals surface area contributed by atoms with Crippen LogP contribution in [0.25, 0.3) is 10.9 Å². The number of carbonyl (C=O) groups is 1. The highest BCUT2D eigenvalue weighted by Gasteiger charge is 2.41. The first-order chi connectivity index (χ1) is 12.2. The summed E-state index contributed by atoms with van der Waals surface area (Å²) in [4.78, 5) is 17.5. The number of para-hydroxylation sites is 1. The topological polar surface area (TPSA) is 56.3 Å². The summed E-state index contributed by atoms with van der Waals surface area (Å²) in [6.45, 7) is 0.506. The third kappa shape index (κ3) is 2.83. The molecule has 0 saturated carbocycles. The lowest BCUT2D eigenvalue weighted by Crippen LogP contribution is -2.53. The average Bonchev–Trinajstić information content (AvgIpc) is 3.05. The zero-order valence-electron chi connectivity index (χ0n) is 14.1. The highest BCUT2D eigenvalue weighted by molar-refractivity contribution is 5.83. The van der Waals surface area contributed by atoms with Crippen LogP contribution in [-0.4, -0.2) is 27.4 Å². The predicted molar refractivity (Wildman–Crippen MR) is 97.9 cm³/mol. The number of hydrogen-bond donors (Lipinski definition) is 2. The molecule has 4 heteroatoms. The Morgan fingerprint density at radius 3 is 2.68 bits per heavy atom. The number of benzene rings is 2. The van der Waals surface area contributed by atoms with Gasteiger partial charge in [-0.05, 0) is 24.5 Å². The number of aliphatic hydroxyl groups is 1. The number of likely N-dealkylation sites (tertiary alicyclic amines) is 1. The van der Waals surface area contributed by atoms with Crippen molar-refractivity contribution in [3.8, 4) is 0 Å². The number of rotatable bonds is 4. The molecule has 0 radical (unpaired) electrons. The summed E-state index contributed by atoms with van der Waals surface area (Å²) >= 11 is 0. The fourth-order valence-corrected chi connectivity index (χ4v) is 3.85. The van der Waals surface area contributed by atoms with Crippen molar-refractivity contribution < 1.29 is 9.90 Å². The van der Waals surface area contributed by atoms with E-state index in [1.54, 1.807) is 4.90 Å². The van der Waals surface area contributed by atoms with E-state index in [4.69, 9.17) is 0 Å². The Morgan fingerprint density at radius 1 is 1.08 bits per heavy atom. The Labute approximate surface area is 147 Å². The van der Waals surface area contributed by atoms with Crippen LogP contribution in [0.2, 0.25) is 0 Å². The third-order valence-corrected chi connectivity index (χ3v) is 5.18. The molecule has 128 valence electrons. The molecule has 2 N–H and O–H groups in total. The molecule has 1 aliphatic heterocycles. The Hall–Kier alpha value is -2.59. The van der Waals surface area contributed by atoms with E-state index in [0.29, 0.717) is 32.2 Å². The second-order valence-corrected chi connectivity index (χ2v) is 6.69. The van der Waals surface area contributed by atoms with Gasteiger partial charge in [-0.15, -0.1) is 0 Å². The van der Waals surface area contributed by atoms with Gasteiger partial charge in [0.1, 0.15) is 0 Å². The number of aromatic nitrogens is 1. The molecule has 1 saturated heterocycles. The van der Waals surface area contributed by atoms with E-state index in [1.165, 1.54) is 10.9 Å². The standard InChI is InChI=1S/C21H22N2O2/c24-20-11-6-13-21(25,17-7-2-1-3-8-17)23(20)14-12-16-15-22-19-10-5-4-9-18(16)19/h1-5,7-10,15,22,25H,6,11-14H2. The van der Waals surface area contributed by atoms with Crippen LogP contribution in [0.15, 0.2) is 60.8 Å². The van der Waals surface area contributed by atoms with Gasteiger partial charge in [-0.3, -0.25) is 4.79 Å². The highest BCUT2D eigenvalue weighted by Crippen LogP contribution is 2.36. The van der Waals surface area contributed by atoms with Crippen LogP contribution in [0.4, 0.5) is 0 Å². The monoisotopic (exact) mass is 334 g/mol. The highest BCUT2D eigenvalue weighted by atomic mass is 16.3. The van der Waals surface area contributed by atoms with Gasteiger partial charge in [0.15, 0.2) is 5.72 Å². The van der Waals surface area contributed by atoms with Crippen molar-refractivity contribution in [3.63, 3.8) is 0 Å². The van der Waals surface area contributed by atoms with E-state index >= 15 is 0 Å². The molecule has 1 amide bonds. The van der Waals surface area contributed by atoms with E-state index in [9.17, 15) is 9.90 Å². The molecule has 4 nitrogen and oxygen atoms in total. The first-order valence-electron chi connectivity index (χ1n) is 8.82. The van der Waals surface area contributed by atoms with E-state index in [2.05, 4.69) is 11.1 Å². The smallest absolute Gasteiger partial charge is 0.225 e. The molecule has 1 fully saturated rings. The Morgan fingerprint density at radius 2 is 1.84 bits per heavy atom. The molecule has 25 heavy (non-hydrogen) atoms. The molecular formula is C21H22N2O2. The number of carbonyl (C=O) groups excluding carboxylic acids is 1. The number of hydrogen-bond acceptors (Lipinski definition) is 2. The largest absolute Gasteiger partial charge is 0.367 e. The van der Waals surface area contributed by atoms with Crippen molar-refractivity contribution in [1.82, 2.24) is 9.88 Å². The number of aromatic amines is 1. The number of amides is 1. The van der Waals surface area contributed by atoms with Crippen molar-refractivity contribution in [2.24, 2.45) is 0 Å². The SMILES string of the molecule is O=C1CCCC(O)(c2ccccc2)N1CCc1c[nH]c2ccccc12. The molecule has 0 spiro atoms. The lowest BCUT2D eigenvalue weighted by molar-refractivity contribution is -0.174. The molecule has 3 aromatic rings. The van der Waals surface area contributed by atoms with Gasteiger partial charge in [0.2, 0.25) is 5.91 Å². The minimum absolute atomic E-state index is 0.0254. The quantitative estimate of drug-likeness (QED) is 0.766. The number of nitrogens with zero attached hydrogens (tertiary/aromatic N) is 1. The molecule has 0 aliphatic carbocycles. The minimum Gasteiger partial charge on any atom is -0.367 e. The fraction of sp³-hybridized carbons (Fsp3) is 0.286. The Kier molecular flexibility index (Phi) is 4.06. The van der Waals surface area contributed by atoms with Crippen molar-refractivity contribution in [1.29, 1.82) is 0 Å². The van der Waals surface area contributed by atoms with Crippen LogP contribution >= 0.6 is 0 Å². The lowest BCUT2D eigenvalue weighted by Gasteiger charge is -2.43. The van der Waals surface area contributed by atoms with Crippen molar-refractivity contribution in [3.05, 3.63) is 71.9 Å². The van der Waals surface area contributed by atoms with Crippen LogP contribution in [0.3, 0.4) is 0 Å². The van der Waals surface area contributed by atoms with Crippen LogP contribution < -0.4 is 0 Å². The molecular weight excluding hydrogens is 312 g/mol. The van der Waals surface area contributed by atoms with E-state index in [1.807, 2.05) is 54.7 Å². The second-order valence-electron chi connectivity index (χ2n) is 6.69. The van der Waals surface area contributed by atoms with Crippen molar-refractivity contribution in [2.75, 3.05) is 6.54 Å². The third-order valence-electron chi connectivity index (χ3n) is 5.18. The minimum atomic E-state index is -1.21. The summed E-state index contributed by atoms with van der Waals surface area (Å²) in [6.07, 6.45) is 4.51. The van der Waals surface area contributed by atoms with E-state index in [-0.39, 0.29) is 5.91 Å². The van der Waals surface area contributed by atoms with Crippen molar-refractivity contribution >= 4 is 16.8 Å². The molecule has 1 aliphatic rings. The zero-order chi connectivity index (χ0) is 17.3. The molecule has 1 atom stereocenters. The molecule has 2 aromatic carbocycles. The summed E-state index contributed by atoms with van der Waals surface area (Å²) in [5.41, 5.74) is 1.86. The summed E-state index contributed by atoms with van der Waals surface area (Å²) < 4.78 is 0. The lowest BCUT2D eigenvalue weighted by atomic mass is 9.90. The van der Waals surface area contributed by atoms with Gasteiger partial charge in [0.05, 0.1) is 0 Å². The molecule has 0 bridgehead atoms. The normalized spacial score (nSPS) is 21.0. The first-order valence-corrected chi connectivity index (χ1v) is 8.82. The maximum Gasteiger partial charge on any atom is 0.225 e. The molecule has 1 aromatic heterocycles. The maximum atomic E-state index is 12.6. The summed E-state index contributed by atoms with van der Waals surface area (Å²) in [5.74, 6) is 0.0254. The number of nitrogens with one attached hydrogen (secondary N) is 1. The summed E-state index contributed by atoms with van der Waals surface area (Å²) in [7, 11) is 0. The van der Waals surface area contributed by atoms with Gasteiger partial charge < -0.3 is 15.0 Å². The van der Waals surface area contributed by atoms with Gasteiger partial charge in [-0.25, -0.2) is 0 Å². The maximum absolute atomic E-state index is 12.6. The van der Waals surface area contributed by atoms with Gasteiger partial charge in [0.25, 0.3) is 0 Å². The fourth-order valence-electron chi connectivity index (χ4n) is 3.85. The second kappa shape index (κ2) is 6.37. The summed E-state index contributed by atoms with van der Waals surface area (Å²) in [6, 6.07) is 17.7. The molecule has 1 unspecified atom stereocenters. The van der Waals surface area contributed by atoms with Crippen LogP contribution in [0, 0.1) is 0 Å². The Balaban J connectivity index is 1.61. The van der Waals surface area contributed by atoms with Gasteiger partial charge >= 0.3 is 0 Å².